The molecule has 4 rings (SSSR count). The summed E-state index contributed by atoms with van der Waals surface area (Å²) in [5.74, 6) is 0.896. The van der Waals surface area contributed by atoms with E-state index in [2.05, 4.69) is 5.10 Å². The van der Waals surface area contributed by atoms with Gasteiger partial charge in [0, 0.05) is 16.8 Å². The molecule has 1 atom stereocenters. The second kappa shape index (κ2) is 6.09. The average Bonchev–Trinajstić information content (AvgIpc) is 3.10. The number of benzene rings is 1. The maximum Gasteiger partial charge on any atom is 0.196 e. The van der Waals surface area contributed by atoms with E-state index < -0.39 is 9.84 Å². The lowest BCUT2D eigenvalue weighted by Gasteiger charge is -2.18. The van der Waals surface area contributed by atoms with Gasteiger partial charge in [-0.3, -0.25) is 9.48 Å². The van der Waals surface area contributed by atoms with Gasteiger partial charge in [0.1, 0.15) is 12.4 Å². The lowest BCUT2D eigenvalue weighted by atomic mass is 9.98. The SMILES string of the molecule is Cc1nn([C@H]2CCS(=O)(=O)C2)c(C)c1/C=C1\COc2ccccc2C1=O. The number of para-hydroxylation sites is 1. The molecule has 2 aliphatic rings. The van der Waals surface area contributed by atoms with Crippen molar-refractivity contribution in [2.24, 2.45) is 0 Å². The summed E-state index contributed by atoms with van der Waals surface area (Å²) in [5, 5.41) is 4.55. The van der Waals surface area contributed by atoms with Gasteiger partial charge in [0.2, 0.25) is 0 Å². The van der Waals surface area contributed by atoms with Crippen LogP contribution in [0.25, 0.3) is 6.08 Å². The molecule has 136 valence electrons. The molecule has 1 aromatic heterocycles. The lowest BCUT2D eigenvalue weighted by Crippen LogP contribution is -2.19. The number of Topliss-reactive ketones (excluding diaryl/α,β-unsaturated/α-hetero) is 1. The van der Waals surface area contributed by atoms with Crippen molar-refractivity contribution in [2.45, 2.75) is 26.3 Å². The number of carbonyl (C=O) groups is 1. The van der Waals surface area contributed by atoms with Crippen LogP contribution in [-0.2, 0) is 9.84 Å². The third-order valence-electron chi connectivity index (χ3n) is 5.06. The number of sulfone groups is 1. The van der Waals surface area contributed by atoms with E-state index in [1.807, 2.05) is 32.1 Å². The minimum atomic E-state index is -2.98. The van der Waals surface area contributed by atoms with Crippen molar-refractivity contribution in [3.63, 3.8) is 0 Å². The van der Waals surface area contributed by atoms with Gasteiger partial charge in [-0.25, -0.2) is 8.42 Å². The molecule has 26 heavy (non-hydrogen) atoms. The van der Waals surface area contributed by atoms with Crippen molar-refractivity contribution < 1.29 is 17.9 Å². The number of aryl methyl sites for hydroxylation is 1. The Balaban J connectivity index is 1.69. The molecular formula is C19H20N2O4S. The molecule has 0 aliphatic carbocycles. The van der Waals surface area contributed by atoms with Gasteiger partial charge in [-0.1, -0.05) is 12.1 Å². The van der Waals surface area contributed by atoms with E-state index in [1.54, 1.807) is 16.8 Å². The predicted octanol–water partition coefficient (Wildman–Crippen LogP) is 2.52. The highest BCUT2D eigenvalue weighted by molar-refractivity contribution is 7.91. The summed E-state index contributed by atoms with van der Waals surface area (Å²) in [6, 6.07) is 7.08. The van der Waals surface area contributed by atoms with Crippen LogP contribution >= 0.6 is 0 Å². The van der Waals surface area contributed by atoms with Gasteiger partial charge in [0.05, 0.1) is 28.8 Å². The lowest BCUT2D eigenvalue weighted by molar-refractivity contribution is 0.100. The van der Waals surface area contributed by atoms with Crippen LogP contribution in [0.4, 0.5) is 0 Å². The van der Waals surface area contributed by atoms with Crippen molar-refractivity contribution in [1.82, 2.24) is 9.78 Å². The smallest absolute Gasteiger partial charge is 0.196 e. The van der Waals surface area contributed by atoms with Crippen molar-refractivity contribution in [3.8, 4) is 5.75 Å². The first-order chi connectivity index (χ1) is 12.4. The molecule has 0 saturated carbocycles. The Kier molecular flexibility index (Phi) is 3.99. The standard InChI is InChI=1S/C19H20N2O4S/c1-12-17(13(2)21(20-12)15-7-8-26(23,24)11-15)9-14-10-25-18-6-4-3-5-16(18)19(14)22/h3-6,9,15H,7-8,10-11H2,1-2H3/b14-9+/t15-/m0/s1. The highest BCUT2D eigenvalue weighted by atomic mass is 32.2. The van der Waals surface area contributed by atoms with Gasteiger partial charge < -0.3 is 4.74 Å². The summed E-state index contributed by atoms with van der Waals surface area (Å²) in [6.45, 7) is 4.01. The van der Waals surface area contributed by atoms with Crippen LogP contribution in [0.15, 0.2) is 29.8 Å². The first kappa shape index (κ1) is 17.0. The molecule has 1 fully saturated rings. The van der Waals surface area contributed by atoms with Crippen LogP contribution < -0.4 is 4.74 Å². The van der Waals surface area contributed by atoms with E-state index in [0.29, 0.717) is 23.3 Å². The zero-order chi connectivity index (χ0) is 18.5. The van der Waals surface area contributed by atoms with E-state index in [9.17, 15) is 13.2 Å². The summed E-state index contributed by atoms with van der Waals surface area (Å²) in [7, 11) is -2.98. The molecule has 3 heterocycles. The number of ether oxygens (including phenoxy) is 1. The van der Waals surface area contributed by atoms with E-state index in [0.717, 1.165) is 17.0 Å². The molecule has 0 unspecified atom stereocenters. The fourth-order valence-electron chi connectivity index (χ4n) is 3.66. The zero-order valence-electron chi connectivity index (χ0n) is 14.7. The van der Waals surface area contributed by atoms with Gasteiger partial charge in [-0.2, -0.15) is 5.10 Å². The van der Waals surface area contributed by atoms with Crippen LogP contribution in [0.2, 0.25) is 0 Å². The molecule has 1 aromatic carbocycles. The van der Waals surface area contributed by atoms with E-state index in [-0.39, 0.29) is 29.9 Å². The van der Waals surface area contributed by atoms with Gasteiger partial charge >= 0.3 is 0 Å². The summed E-state index contributed by atoms with van der Waals surface area (Å²) in [5.41, 5.74) is 3.67. The highest BCUT2D eigenvalue weighted by Crippen LogP contribution is 2.30. The van der Waals surface area contributed by atoms with E-state index in [4.69, 9.17) is 4.74 Å². The molecule has 0 amide bonds. The number of nitrogens with zero attached hydrogens (tertiary/aromatic N) is 2. The van der Waals surface area contributed by atoms with Crippen LogP contribution in [0, 0.1) is 13.8 Å². The molecule has 0 bridgehead atoms. The quantitative estimate of drug-likeness (QED) is 0.757. The number of hydrogen-bond donors (Lipinski definition) is 0. The van der Waals surface area contributed by atoms with Crippen LogP contribution in [-0.4, -0.2) is 42.1 Å². The number of rotatable bonds is 2. The second-order valence-corrected chi connectivity index (χ2v) is 9.10. The van der Waals surface area contributed by atoms with Crippen LogP contribution in [0.1, 0.15) is 39.8 Å². The summed E-state index contributed by atoms with van der Waals surface area (Å²) < 4.78 is 31.1. The first-order valence-electron chi connectivity index (χ1n) is 8.59. The van der Waals surface area contributed by atoms with Gasteiger partial charge in [-0.15, -0.1) is 0 Å². The van der Waals surface area contributed by atoms with Crippen molar-refractivity contribution >= 4 is 21.7 Å². The average molecular weight is 372 g/mol. The molecule has 1 saturated heterocycles. The monoisotopic (exact) mass is 372 g/mol. The fraction of sp³-hybridized carbons (Fsp3) is 0.368. The largest absolute Gasteiger partial charge is 0.488 e. The Morgan fingerprint density at radius 2 is 2.04 bits per heavy atom. The summed E-state index contributed by atoms with van der Waals surface area (Å²) >= 11 is 0. The number of ketones is 1. The molecule has 6 nitrogen and oxygen atoms in total. The normalized spacial score (nSPS) is 23.1. The number of fused-ring (bicyclic) bond motifs is 1. The Labute approximate surface area is 152 Å². The maximum atomic E-state index is 12.7. The fourth-order valence-corrected chi connectivity index (χ4v) is 5.36. The third-order valence-corrected chi connectivity index (χ3v) is 6.81. The Morgan fingerprint density at radius 1 is 1.27 bits per heavy atom. The predicted molar refractivity (Wildman–Crippen MR) is 98.3 cm³/mol. The Hall–Kier alpha value is -2.41. The Morgan fingerprint density at radius 3 is 2.77 bits per heavy atom. The molecule has 2 aromatic rings. The summed E-state index contributed by atoms with van der Waals surface area (Å²) in [6.07, 6.45) is 2.41. The number of aromatic nitrogens is 2. The molecule has 0 spiro atoms. The molecule has 0 radical (unpaired) electrons. The minimum Gasteiger partial charge on any atom is -0.488 e. The molecule has 7 heteroatoms. The van der Waals surface area contributed by atoms with Gasteiger partial charge in [0.15, 0.2) is 15.6 Å². The van der Waals surface area contributed by atoms with Gasteiger partial charge in [0.25, 0.3) is 0 Å². The molecule has 2 aliphatic heterocycles. The topological polar surface area (TPSA) is 78.3 Å². The first-order valence-corrected chi connectivity index (χ1v) is 10.4. The van der Waals surface area contributed by atoms with Crippen molar-refractivity contribution in [2.75, 3.05) is 18.1 Å². The van der Waals surface area contributed by atoms with Crippen LogP contribution in [0.5, 0.6) is 5.75 Å². The van der Waals surface area contributed by atoms with Gasteiger partial charge in [-0.05, 0) is 38.5 Å². The minimum absolute atomic E-state index is 0.0400. The number of hydrogen-bond acceptors (Lipinski definition) is 5. The zero-order valence-corrected chi connectivity index (χ0v) is 15.5. The van der Waals surface area contributed by atoms with Crippen molar-refractivity contribution in [1.29, 1.82) is 0 Å². The molecule has 0 N–H and O–H groups in total. The highest BCUT2D eigenvalue weighted by Gasteiger charge is 2.31. The summed E-state index contributed by atoms with van der Waals surface area (Å²) in [4.78, 5) is 12.7. The second-order valence-electron chi connectivity index (χ2n) is 6.87. The number of carbonyl (C=O) groups excluding carboxylic acids is 1. The Bertz CT molecular complexity index is 1030. The van der Waals surface area contributed by atoms with Crippen LogP contribution in [0.3, 0.4) is 0 Å². The van der Waals surface area contributed by atoms with Crippen molar-refractivity contribution in [3.05, 3.63) is 52.4 Å². The van der Waals surface area contributed by atoms with E-state index >= 15 is 0 Å². The van der Waals surface area contributed by atoms with E-state index in [1.165, 1.54) is 0 Å². The maximum absolute atomic E-state index is 12.7. The molecular weight excluding hydrogens is 352 g/mol. The third kappa shape index (κ3) is 2.86.